The summed E-state index contributed by atoms with van der Waals surface area (Å²) in [7, 11) is 0. The molecule has 116 valence electrons. The number of hydrogen-bond acceptors (Lipinski definition) is 6. The van der Waals surface area contributed by atoms with Gasteiger partial charge in [-0.2, -0.15) is 4.37 Å². The summed E-state index contributed by atoms with van der Waals surface area (Å²) in [5.74, 6) is 0.723. The van der Waals surface area contributed by atoms with Crippen LogP contribution < -0.4 is 16.4 Å². The van der Waals surface area contributed by atoms with Gasteiger partial charge in [-0.05, 0) is 56.0 Å². The molecule has 0 aliphatic heterocycles. The quantitative estimate of drug-likeness (QED) is 0.661. The van der Waals surface area contributed by atoms with Crippen molar-refractivity contribution in [3.05, 3.63) is 5.56 Å². The number of nitrogen functional groups attached to an aromatic ring is 1. The second-order valence-corrected chi connectivity index (χ2v) is 6.85. The average molecular weight is 310 g/mol. The van der Waals surface area contributed by atoms with Crippen molar-refractivity contribution >= 4 is 28.3 Å². The Morgan fingerprint density at radius 3 is 2.67 bits per heavy atom. The molecule has 3 rings (SSSR count). The number of nitrogens with two attached hydrogens (primary N) is 1. The summed E-state index contributed by atoms with van der Waals surface area (Å²) in [6.07, 6.45) is 5.74. The van der Waals surface area contributed by atoms with Crippen molar-refractivity contribution in [1.82, 2.24) is 9.69 Å². The summed E-state index contributed by atoms with van der Waals surface area (Å²) in [6, 6.07) is 0.310. The first-order chi connectivity index (χ1) is 10.1. The lowest BCUT2D eigenvalue weighted by atomic mass is 9.87. The molecule has 2 fully saturated rings. The molecule has 0 saturated heterocycles. The van der Waals surface area contributed by atoms with E-state index in [2.05, 4.69) is 15.0 Å². The van der Waals surface area contributed by atoms with Gasteiger partial charge < -0.3 is 21.5 Å². The second kappa shape index (κ2) is 6.19. The summed E-state index contributed by atoms with van der Waals surface area (Å²) < 4.78 is 4.10. The Kier molecular flexibility index (Phi) is 4.30. The first-order valence-electron chi connectivity index (χ1n) is 7.61. The summed E-state index contributed by atoms with van der Waals surface area (Å²) >= 11 is 1.24. The predicted octanol–water partition coefficient (Wildman–Crippen LogP) is 1.58. The van der Waals surface area contributed by atoms with E-state index in [0.29, 0.717) is 23.3 Å². The van der Waals surface area contributed by atoms with Gasteiger partial charge in [0.1, 0.15) is 10.6 Å². The maximum atomic E-state index is 12.2. The van der Waals surface area contributed by atoms with Crippen molar-refractivity contribution in [3.63, 3.8) is 0 Å². The number of aromatic nitrogens is 1. The van der Waals surface area contributed by atoms with Crippen LogP contribution in [0.5, 0.6) is 0 Å². The number of hydrogen-bond donors (Lipinski definition) is 4. The number of nitrogens with zero attached hydrogens (tertiary/aromatic N) is 1. The lowest BCUT2D eigenvalue weighted by Gasteiger charge is -2.25. The average Bonchev–Trinajstić information content (AvgIpc) is 3.19. The molecular formula is C14H22N4O2S. The van der Waals surface area contributed by atoms with Gasteiger partial charge in [0.2, 0.25) is 0 Å². The number of carbonyl (C=O) groups excluding carboxylic acids is 1. The first kappa shape index (κ1) is 14.6. The highest BCUT2D eigenvalue weighted by Gasteiger charge is 2.28. The smallest absolute Gasteiger partial charge is 0.258 e. The number of amides is 1. The van der Waals surface area contributed by atoms with Crippen LogP contribution in [0.2, 0.25) is 0 Å². The van der Waals surface area contributed by atoms with E-state index in [1.54, 1.807) is 0 Å². The lowest BCUT2D eigenvalue weighted by Crippen LogP contribution is -2.27. The van der Waals surface area contributed by atoms with Crippen molar-refractivity contribution < 1.29 is 9.90 Å². The molecule has 7 heteroatoms. The molecule has 2 saturated carbocycles. The number of rotatable bonds is 5. The highest BCUT2D eigenvalue weighted by Crippen LogP contribution is 2.30. The molecule has 2 aliphatic carbocycles. The largest absolute Gasteiger partial charge is 0.393 e. The van der Waals surface area contributed by atoms with Crippen molar-refractivity contribution in [2.75, 3.05) is 17.6 Å². The van der Waals surface area contributed by atoms with Gasteiger partial charge >= 0.3 is 0 Å². The zero-order valence-electron chi connectivity index (χ0n) is 12.0. The molecule has 5 N–H and O–H groups in total. The van der Waals surface area contributed by atoms with E-state index in [-0.39, 0.29) is 12.0 Å². The van der Waals surface area contributed by atoms with Crippen molar-refractivity contribution in [3.8, 4) is 0 Å². The number of aliphatic hydroxyl groups is 1. The van der Waals surface area contributed by atoms with Crippen LogP contribution in [-0.4, -0.2) is 34.1 Å². The Morgan fingerprint density at radius 2 is 2.00 bits per heavy atom. The minimum atomic E-state index is -0.139. The molecule has 0 radical (unpaired) electrons. The maximum Gasteiger partial charge on any atom is 0.258 e. The highest BCUT2D eigenvalue weighted by atomic mass is 32.1. The number of nitrogens with one attached hydrogen (secondary N) is 2. The monoisotopic (exact) mass is 310 g/mol. The first-order valence-corrected chi connectivity index (χ1v) is 8.38. The molecule has 1 heterocycles. The molecule has 1 aromatic heterocycles. The Morgan fingerprint density at radius 1 is 1.29 bits per heavy atom. The summed E-state index contributed by atoms with van der Waals surface area (Å²) in [6.45, 7) is 0.804. The maximum absolute atomic E-state index is 12.2. The van der Waals surface area contributed by atoms with Crippen molar-refractivity contribution in [2.45, 2.75) is 50.7 Å². The zero-order chi connectivity index (χ0) is 14.8. The minimum absolute atomic E-state index is 0.120. The lowest BCUT2D eigenvalue weighted by molar-refractivity contribution is 0.0953. The molecule has 0 aromatic carbocycles. The molecule has 0 bridgehead atoms. The van der Waals surface area contributed by atoms with Gasteiger partial charge in [-0.25, -0.2) is 0 Å². The third kappa shape index (κ3) is 3.65. The number of carbonyl (C=O) groups is 1. The fraction of sp³-hybridized carbons (Fsp3) is 0.714. The van der Waals surface area contributed by atoms with Crippen molar-refractivity contribution in [1.29, 1.82) is 0 Å². The summed E-state index contributed by atoms with van der Waals surface area (Å²) in [4.78, 5) is 12.2. The third-order valence-corrected chi connectivity index (χ3v) is 5.04. The van der Waals surface area contributed by atoms with E-state index < -0.39 is 0 Å². The van der Waals surface area contributed by atoms with Crippen LogP contribution in [0, 0.1) is 5.92 Å². The van der Waals surface area contributed by atoms with E-state index in [0.717, 1.165) is 50.1 Å². The molecule has 21 heavy (non-hydrogen) atoms. The highest BCUT2D eigenvalue weighted by molar-refractivity contribution is 7.11. The second-order valence-electron chi connectivity index (χ2n) is 6.08. The molecule has 0 atom stereocenters. The number of anilines is 2. The standard InChI is InChI=1S/C14H22N4O2S/c15-12-11(13(20)17-9-3-4-9)14(21-18-12)16-7-8-1-5-10(19)6-2-8/h8-10,16,19H,1-7H2,(H2,15,18)(H,17,20). The molecule has 0 spiro atoms. The molecule has 1 aromatic rings. The third-order valence-electron chi connectivity index (χ3n) is 4.23. The van der Waals surface area contributed by atoms with Crippen LogP contribution in [0.25, 0.3) is 0 Å². The summed E-state index contributed by atoms with van der Waals surface area (Å²) in [5, 5.41) is 16.6. The molecule has 0 unspecified atom stereocenters. The van der Waals surface area contributed by atoms with Crippen molar-refractivity contribution in [2.24, 2.45) is 5.92 Å². The fourth-order valence-corrected chi connectivity index (χ4v) is 3.43. The van der Waals surface area contributed by atoms with Crippen LogP contribution >= 0.6 is 11.5 Å². The van der Waals surface area contributed by atoms with Gasteiger partial charge in [0.15, 0.2) is 5.82 Å². The van der Waals surface area contributed by atoms with E-state index >= 15 is 0 Å². The fourth-order valence-electron chi connectivity index (χ4n) is 2.71. The molecule has 2 aliphatic rings. The topological polar surface area (TPSA) is 100 Å². The van der Waals surface area contributed by atoms with Gasteiger partial charge in [0, 0.05) is 12.6 Å². The Balaban J connectivity index is 1.58. The summed E-state index contributed by atoms with van der Waals surface area (Å²) in [5.41, 5.74) is 6.32. The van der Waals surface area contributed by atoms with Gasteiger partial charge in [0.25, 0.3) is 5.91 Å². The molecule has 6 nitrogen and oxygen atoms in total. The number of aliphatic hydroxyl groups excluding tert-OH is 1. The normalized spacial score (nSPS) is 25.6. The van der Waals surface area contributed by atoms with Crippen LogP contribution in [0.15, 0.2) is 0 Å². The van der Waals surface area contributed by atoms with E-state index in [9.17, 15) is 9.90 Å². The van der Waals surface area contributed by atoms with Gasteiger partial charge in [-0.1, -0.05) is 0 Å². The van der Waals surface area contributed by atoms with E-state index in [1.165, 1.54) is 11.5 Å². The van der Waals surface area contributed by atoms with Crippen LogP contribution in [0.3, 0.4) is 0 Å². The minimum Gasteiger partial charge on any atom is -0.393 e. The molecular weight excluding hydrogens is 288 g/mol. The SMILES string of the molecule is Nc1nsc(NCC2CCC(O)CC2)c1C(=O)NC1CC1. The molecule has 1 amide bonds. The Hall–Kier alpha value is -1.34. The Bertz CT molecular complexity index is 507. The Labute approximate surface area is 128 Å². The van der Waals surface area contributed by atoms with Crippen LogP contribution in [-0.2, 0) is 0 Å². The van der Waals surface area contributed by atoms with Crippen LogP contribution in [0.4, 0.5) is 10.8 Å². The van der Waals surface area contributed by atoms with Crippen LogP contribution in [0.1, 0.15) is 48.9 Å². The van der Waals surface area contributed by atoms with Gasteiger partial charge in [0.05, 0.1) is 6.10 Å². The predicted molar refractivity (Wildman–Crippen MR) is 83.5 cm³/mol. The van der Waals surface area contributed by atoms with Gasteiger partial charge in [-0.3, -0.25) is 4.79 Å². The van der Waals surface area contributed by atoms with Gasteiger partial charge in [-0.15, -0.1) is 0 Å². The van der Waals surface area contributed by atoms with E-state index in [4.69, 9.17) is 5.73 Å². The zero-order valence-corrected chi connectivity index (χ0v) is 12.8. The van der Waals surface area contributed by atoms with E-state index in [1.807, 2.05) is 0 Å².